The van der Waals surface area contributed by atoms with Crippen LogP contribution in [0.3, 0.4) is 0 Å². The van der Waals surface area contributed by atoms with Crippen molar-refractivity contribution >= 4 is 29.5 Å². The highest BCUT2D eigenvalue weighted by atomic mass is 19.4. The topological polar surface area (TPSA) is 101 Å². The fourth-order valence-electron chi connectivity index (χ4n) is 5.31. The van der Waals surface area contributed by atoms with Gasteiger partial charge in [0.1, 0.15) is 5.84 Å². The maximum atomic E-state index is 13.6. The van der Waals surface area contributed by atoms with Crippen molar-refractivity contribution in [2.45, 2.75) is 52.4 Å². The van der Waals surface area contributed by atoms with E-state index >= 15 is 0 Å². The number of rotatable bonds is 6. The standard InChI is InChI=1S/C34H30F3N5O3.C2H6/c1-2-28-24(19-40-42-28)6-4-14-38-33(43)27-17-32(39-18-21-8-11-25(12-9-21)34(35,36)37)41-29-7-3-5-22(15-26(27)29)23-10-13-30-31(16-23)45-20-44-30;1-2/h2,4-6,8-17,19,29,42H,3,7,18,20H2,1H3,(H,38,43)(H,39,41);1-2H3/b14-4+,24-6-,28-2+;. The predicted octanol–water partition coefficient (Wildman–Crippen LogP) is 5.69. The van der Waals surface area contributed by atoms with Gasteiger partial charge in [-0.3, -0.25) is 14.9 Å². The molecule has 1 amide bonds. The summed E-state index contributed by atoms with van der Waals surface area (Å²) in [7, 11) is 0. The minimum absolute atomic E-state index is 0.147. The summed E-state index contributed by atoms with van der Waals surface area (Å²) in [6.45, 7) is 6.23. The zero-order valence-corrected chi connectivity index (χ0v) is 26.3. The third-order valence-electron chi connectivity index (χ3n) is 7.66. The number of aliphatic imine (C=N–C) groups is 1. The Balaban J connectivity index is 0.00000213. The number of carbonyl (C=O) groups excluding carboxylic acids is 1. The van der Waals surface area contributed by atoms with E-state index in [1.807, 2.05) is 57.2 Å². The Labute approximate surface area is 270 Å². The van der Waals surface area contributed by atoms with Crippen LogP contribution in [0.25, 0.3) is 17.7 Å². The number of hydrogen-bond donors (Lipinski definition) is 3. The molecule has 3 heterocycles. The first-order valence-corrected chi connectivity index (χ1v) is 15.4. The number of carbonyl (C=O) groups is 1. The number of nitrogens with one attached hydrogen (secondary N) is 3. The van der Waals surface area contributed by atoms with E-state index < -0.39 is 11.7 Å². The van der Waals surface area contributed by atoms with Crippen molar-refractivity contribution in [2.24, 2.45) is 4.99 Å². The second-order valence-corrected chi connectivity index (χ2v) is 10.6. The number of alkyl halides is 3. The number of amides is 1. The minimum Gasteiger partial charge on any atom is -0.454 e. The van der Waals surface area contributed by atoms with Crippen molar-refractivity contribution in [3.63, 3.8) is 0 Å². The molecule has 0 radical (unpaired) electrons. The van der Waals surface area contributed by atoms with E-state index in [1.165, 1.54) is 12.1 Å². The lowest BCUT2D eigenvalue weighted by Gasteiger charge is -2.28. The summed E-state index contributed by atoms with van der Waals surface area (Å²) in [5.74, 6) is 1.52. The molecular weight excluding hydrogens is 607 g/mol. The molecule has 1 aromatic heterocycles. The summed E-state index contributed by atoms with van der Waals surface area (Å²) in [5, 5.41) is 15.0. The molecule has 0 bridgehead atoms. The zero-order chi connectivity index (χ0) is 33.4. The van der Waals surface area contributed by atoms with Gasteiger partial charge in [-0.25, -0.2) is 0 Å². The van der Waals surface area contributed by atoms with E-state index in [2.05, 4.69) is 31.9 Å². The van der Waals surface area contributed by atoms with Gasteiger partial charge in [-0.05, 0) is 90.6 Å². The van der Waals surface area contributed by atoms with Crippen LogP contribution < -0.4 is 30.7 Å². The molecule has 6 rings (SSSR count). The molecule has 3 aliphatic rings. The van der Waals surface area contributed by atoms with Crippen LogP contribution in [0.2, 0.25) is 0 Å². The number of ether oxygens (including phenoxy) is 2. The van der Waals surface area contributed by atoms with E-state index in [9.17, 15) is 18.0 Å². The summed E-state index contributed by atoms with van der Waals surface area (Å²) in [4.78, 5) is 18.3. The lowest BCUT2D eigenvalue weighted by Crippen LogP contribution is -2.42. The van der Waals surface area contributed by atoms with E-state index in [1.54, 1.807) is 24.5 Å². The van der Waals surface area contributed by atoms with Gasteiger partial charge in [0.15, 0.2) is 11.5 Å². The number of fused-ring (bicyclic) bond motifs is 2. The number of benzene rings is 2. The van der Waals surface area contributed by atoms with Crippen LogP contribution >= 0.6 is 0 Å². The van der Waals surface area contributed by atoms with Gasteiger partial charge in [0.2, 0.25) is 6.79 Å². The molecule has 3 N–H and O–H groups in total. The highest BCUT2D eigenvalue weighted by Crippen LogP contribution is 2.37. The van der Waals surface area contributed by atoms with E-state index in [0.717, 1.165) is 45.8 Å². The van der Waals surface area contributed by atoms with Crippen molar-refractivity contribution in [3.8, 4) is 11.5 Å². The molecule has 47 heavy (non-hydrogen) atoms. The molecule has 0 saturated carbocycles. The monoisotopic (exact) mass is 643 g/mol. The second-order valence-electron chi connectivity index (χ2n) is 10.6. The molecule has 0 saturated heterocycles. The second kappa shape index (κ2) is 14.8. The van der Waals surface area contributed by atoms with Crippen molar-refractivity contribution in [3.05, 3.63) is 118 Å². The Kier molecular flexibility index (Phi) is 10.4. The molecule has 1 atom stereocenters. The average Bonchev–Trinajstić information content (AvgIpc) is 3.70. The van der Waals surface area contributed by atoms with Gasteiger partial charge in [-0.2, -0.15) is 18.3 Å². The van der Waals surface area contributed by atoms with Crippen LogP contribution in [0.1, 0.15) is 50.3 Å². The molecule has 2 aliphatic heterocycles. The Morgan fingerprint density at radius 3 is 2.66 bits per heavy atom. The summed E-state index contributed by atoms with van der Waals surface area (Å²) >= 11 is 0. The van der Waals surface area contributed by atoms with E-state index in [0.29, 0.717) is 34.9 Å². The Morgan fingerprint density at radius 2 is 1.89 bits per heavy atom. The van der Waals surface area contributed by atoms with Gasteiger partial charge >= 0.3 is 6.18 Å². The molecule has 0 spiro atoms. The quantitative estimate of drug-likeness (QED) is 0.320. The fourth-order valence-corrected chi connectivity index (χ4v) is 5.31. The van der Waals surface area contributed by atoms with Crippen LogP contribution in [0.4, 0.5) is 13.2 Å². The van der Waals surface area contributed by atoms with Crippen molar-refractivity contribution in [1.29, 1.82) is 0 Å². The Bertz CT molecular complexity index is 1880. The normalized spacial score (nSPS) is 18.8. The molecular formula is C36H36F3N5O3. The number of halogens is 3. The molecule has 0 fully saturated rings. The first-order chi connectivity index (χ1) is 22.8. The number of aromatic nitrogens is 2. The molecule has 3 aromatic rings. The van der Waals surface area contributed by atoms with Gasteiger partial charge in [-0.1, -0.05) is 44.2 Å². The Hall–Kier alpha value is -5.32. The van der Waals surface area contributed by atoms with Gasteiger partial charge in [0.05, 0.1) is 29.7 Å². The number of allylic oxidation sites excluding steroid dienone is 4. The number of aromatic amines is 1. The average molecular weight is 644 g/mol. The van der Waals surface area contributed by atoms with Crippen LogP contribution in [0, 0.1) is 0 Å². The third-order valence-corrected chi connectivity index (χ3v) is 7.66. The first-order valence-electron chi connectivity index (χ1n) is 15.4. The molecule has 1 unspecified atom stereocenters. The van der Waals surface area contributed by atoms with Crippen molar-refractivity contribution in [1.82, 2.24) is 20.8 Å². The third kappa shape index (κ3) is 7.92. The van der Waals surface area contributed by atoms with Gasteiger partial charge in [0.25, 0.3) is 5.91 Å². The molecule has 8 nitrogen and oxygen atoms in total. The van der Waals surface area contributed by atoms with Gasteiger partial charge < -0.3 is 20.1 Å². The Morgan fingerprint density at radius 1 is 1.11 bits per heavy atom. The lowest BCUT2D eigenvalue weighted by molar-refractivity contribution is -0.137. The maximum Gasteiger partial charge on any atom is 0.416 e. The number of amidine groups is 1. The van der Waals surface area contributed by atoms with Crippen LogP contribution in [0.5, 0.6) is 11.5 Å². The number of H-pyrrole nitrogens is 1. The molecule has 244 valence electrons. The molecule has 1 aliphatic carbocycles. The van der Waals surface area contributed by atoms with E-state index in [4.69, 9.17) is 9.47 Å². The number of hydrogen-bond acceptors (Lipinski definition) is 5. The summed E-state index contributed by atoms with van der Waals surface area (Å²) in [6, 6.07) is 10.5. The van der Waals surface area contributed by atoms with Crippen LogP contribution in [0.15, 0.2) is 95.3 Å². The minimum atomic E-state index is -4.41. The van der Waals surface area contributed by atoms with Crippen molar-refractivity contribution < 1.29 is 27.4 Å². The van der Waals surface area contributed by atoms with Gasteiger partial charge in [-0.15, -0.1) is 0 Å². The van der Waals surface area contributed by atoms with Crippen molar-refractivity contribution in [2.75, 3.05) is 6.79 Å². The SMILES string of the molecule is C/C=c1/[nH]nc/c1=C/C=C/NC(=O)C1=CC(=NCc2ccc(C(F)(F)F)cc2)NC2CCC=C(c3ccc4c(c3)OCO4)C=C12.CC. The van der Waals surface area contributed by atoms with Crippen LogP contribution in [-0.2, 0) is 17.5 Å². The molecule has 11 heteroatoms. The highest BCUT2D eigenvalue weighted by molar-refractivity contribution is 6.09. The van der Waals surface area contributed by atoms with Crippen LogP contribution in [-0.4, -0.2) is 34.8 Å². The number of nitrogens with zero attached hydrogens (tertiary/aromatic N) is 2. The highest BCUT2D eigenvalue weighted by Gasteiger charge is 2.31. The first kappa shape index (κ1) is 33.1. The summed E-state index contributed by atoms with van der Waals surface area (Å²) < 4.78 is 50.0. The zero-order valence-electron chi connectivity index (χ0n) is 26.3. The largest absolute Gasteiger partial charge is 0.454 e. The predicted molar refractivity (Wildman–Crippen MR) is 177 cm³/mol. The van der Waals surface area contributed by atoms with Gasteiger partial charge in [0, 0.05) is 17.0 Å². The molecule has 2 aromatic carbocycles. The summed E-state index contributed by atoms with van der Waals surface area (Å²) in [6.07, 6.45) is 11.6. The maximum absolute atomic E-state index is 13.6. The fraction of sp³-hybridized carbons (Fsp3) is 0.250. The summed E-state index contributed by atoms with van der Waals surface area (Å²) in [5.41, 5.74) is 3.03. The van der Waals surface area contributed by atoms with E-state index in [-0.39, 0.29) is 25.3 Å². The smallest absolute Gasteiger partial charge is 0.416 e. The lowest BCUT2D eigenvalue weighted by atomic mass is 9.90.